The lowest BCUT2D eigenvalue weighted by Gasteiger charge is -2.19. The van der Waals surface area contributed by atoms with Gasteiger partial charge in [-0.25, -0.2) is 9.59 Å². The van der Waals surface area contributed by atoms with Crippen LogP contribution in [0.3, 0.4) is 0 Å². The standard InChI is InChI=1S/C13H22N6O2/c1-7(11(14)15)8-4-9(18-12(20)16-2)6-10(5-8)19-13(21)17-3/h4-7,11H,14-15H2,1-3H3,(H2,16,18,20)(H2,17,19,21). The molecular weight excluding hydrogens is 272 g/mol. The van der Waals surface area contributed by atoms with Crippen LogP contribution in [-0.2, 0) is 0 Å². The minimum Gasteiger partial charge on any atom is -0.341 e. The molecule has 0 radical (unpaired) electrons. The minimum atomic E-state index is -0.548. The molecule has 8 heteroatoms. The predicted molar refractivity (Wildman–Crippen MR) is 83.2 cm³/mol. The van der Waals surface area contributed by atoms with Crippen LogP contribution in [0.5, 0.6) is 0 Å². The molecule has 0 saturated carbocycles. The lowest BCUT2D eigenvalue weighted by molar-refractivity contribution is 0.253. The van der Waals surface area contributed by atoms with Crippen molar-refractivity contribution in [1.82, 2.24) is 10.6 Å². The molecule has 0 aliphatic heterocycles. The Morgan fingerprint density at radius 3 is 1.71 bits per heavy atom. The molecular formula is C13H22N6O2. The van der Waals surface area contributed by atoms with Gasteiger partial charge in [0.2, 0.25) is 0 Å². The topological polar surface area (TPSA) is 134 Å². The fourth-order valence-corrected chi connectivity index (χ4v) is 1.67. The Hall–Kier alpha value is -2.32. The molecule has 0 saturated heterocycles. The summed E-state index contributed by atoms with van der Waals surface area (Å²) in [6, 6.07) is 4.46. The van der Waals surface area contributed by atoms with Crippen molar-refractivity contribution in [3.05, 3.63) is 23.8 Å². The average Bonchev–Trinajstić information content (AvgIpc) is 2.45. The van der Waals surface area contributed by atoms with Gasteiger partial charge in [0.15, 0.2) is 0 Å². The molecule has 0 bridgehead atoms. The summed E-state index contributed by atoms with van der Waals surface area (Å²) in [5, 5.41) is 10.2. The largest absolute Gasteiger partial charge is 0.341 e. The Morgan fingerprint density at radius 2 is 1.38 bits per heavy atom. The normalized spacial score (nSPS) is 11.7. The lowest BCUT2D eigenvalue weighted by Crippen LogP contribution is -2.36. The number of rotatable bonds is 4. The van der Waals surface area contributed by atoms with E-state index >= 15 is 0 Å². The average molecular weight is 294 g/mol. The van der Waals surface area contributed by atoms with E-state index in [2.05, 4.69) is 21.3 Å². The third-order valence-corrected chi connectivity index (χ3v) is 3.03. The maximum absolute atomic E-state index is 11.4. The highest BCUT2D eigenvalue weighted by Crippen LogP contribution is 2.25. The minimum absolute atomic E-state index is 0.137. The zero-order chi connectivity index (χ0) is 16.0. The zero-order valence-electron chi connectivity index (χ0n) is 12.4. The van der Waals surface area contributed by atoms with Crippen LogP contribution in [0.4, 0.5) is 21.0 Å². The molecule has 8 nitrogen and oxygen atoms in total. The second kappa shape index (κ2) is 7.46. The van der Waals surface area contributed by atoms with Crippen molar-refractivity contribution in [2.45, 2.75) is 19.0 Å². The summed E-state index contributed by atoms with van der Waals surface area (Å²) in [6.45, 7) is 1.87. The highest BCUT2D eigenvalue weighted by Gasteiger charge is 2.14. The Kier molecular flexibility index (Phi) is 5.94. The lowest BCUT2D eigenvalue weighted by atomic mass is 9.97. The molecule has 0 aromatic heterocycles. The van der Waals surface area contributed by atoms with Gasteiger partial charge in [0.05, 0.1) is 6.17 Å². The SMILES string of the molecule is CNC(=O)Nc1cc(NC(=O)NC)cc(C(C)C(N)N)c1. The van der Waals surface area contributed by atoms with Crippen molar-refractivity contribution in [3.63, 3.8) is 0 Å². The number of amides is 4. The molecule has 1 aromatic rings. The molecule has 0 heterocycles. The predicted octanol–water partition coefficient (Wildman–Crippen LogP) is 0.536. The Morgan fingerprint density at radius 1 is 0.952 bits per heavy atom. The Labute approximate surface area is 123 Å². The Balaban J connectivity index is 3.12. The zero-order valence-corrected chi connectivity index (χ0v) is 12.4. The number of nitrogens with two attached hydrogens (primary N) is 2. The molecule has 21 heavy (non-hydrogen) atoms. The molecule has 0 fully saturated rings. The van der Waals surface area contributed by atoms with E-state index in [1.54, 1.807) is 18.2 Å². The molecule has 0 spiro atoms. The van der Waals surface area contributed by atoms with E-state index in [1.807, 2.05) is 6.92 Å². The van der Waals surface area contributed by atoms with Gasteiger partial charge < -0.3 is 32.7 Å². The van der Waals surface area contributed by atoms with Crippen LogP contribution >= 0.6 is 0 Å². The van der Waals surface area contributed by atoms with E-state index in [-0.39, 0.29) is 18.0 Å². The molecule has 8 N–H and O–H groups in total. The quantitative estimate of drug-likeness (QED) is 0.452. The van der Waals surface area contributed by atoms with E-state index in [9.17, 15) is 9.59 Å². The molecule has 116 valence electrons. The first-order valence-electron chi connectivity index (χ1n) is 6.51. The smallest absolute Gasteiger partial charge is 0.318 e. The number of benzene rings is 1. The van der Waals surface area contributed by atoms with Gasteiger partial charge in [0.1, 0.15) is 0 Å². The summed E-state index contributed by atoms with van der Waals surface area (Å²) in [5.74, 6) is -0.137. The highest BCUT2D eigenvalue weighted by atomic mass is 16.2. The molecule has 1 atom stereocenters. The fourth-order valence-electron chi connectivity index (χ4n) is 1.67. The summed E-state index contributed by atoms with van der Waals surface area (Å²) < 4.78 is 0. The van der Waals surface area contributed by atoms with Crippen molar-refractivity contribution < 1.29 is 9.59 Å². The van der Waals surface area contributed by atoms with Crippen LogP contribution in [0.15, 0.2) is 18.2 Å². The van der Waals surface area contributed by atoms with E-state index in [0.29, 0.717) is 11.4 Å². The maximum Gasteiger partial charge on any atom is 0.318 e. The molecule has 1 unspecified atom stereocenters. The van der Waals surface area contributed by atoms with E-state index in [4.69, 9.17) is 11.5 Å². The second-order valence-corrected chi connectivity index (χ2v) is 4.62. The van der Waals surface area contributed by atoms with Crippen LogP contribution in [0.2, 0.25) is 0 Å². The molecule has 0 aliphatic rings. The van der Waals surface area contributed by atoms with Crippen molar-refractivity contribution in [1.29, 1.82) is 0 Å². The van der Waals surface area contributed by atoms with Gasteiger partial charge in [-0.3, -0.25) is 0 Å². The summed E-state index contributed by atoms with van der Waals surface area (Å²) in [7, 11) is 3.03. The summed E-state index contributed by atoms with van der Waals surface area (Å²) in [6.07, 6.45) is -0.548. The fraction of sp³-hybridized carbons (Fsp3) is 0.385. The van der Waals surface area contributed by atoms with Crippen molar-refractivity contribution in [2.24, 2.45) is 11.5 Å². The van der Waals surface area contributed by atoms with Crippen LogP contribution in [0.1, 0.15) is 18.4 Å². The van der Waals surface area contributed by atoms with Crippen molar-refractivity contribution >= 4 is 23.4 Å². The van der Waals surface area contributed by atoms with Gasteiger partial charge in [0.25, 0.3) is 0 Å². The second-order valence-electron chi connectivity index (χ2n) is 4.62. The maximum atomic E-state index is 11.4. The molecule has 1 aromatic carbocycles. The number of carbonyl (C=O) groups is 2. The van der Waals surface area contributed by atoms with Gasteiger partial charge in [-0.2, -0.15) is 0 Å². The number of hydrogen-bond acceptors (Lipinski definition) is 4. The summed E-state index contributed by atoms with van der Waals surface area (Å²) in [4.78, 5) is 22.8. The van der Waals surface area contributed by atoms with E-state index < -0.39 is 6.17 Å². The number of urea groups is 2. The van der Waals surface area contributed by atoms with Crippen LogP contribution in [-0.4, -0.2) is 32.3 Å². The number of anilines is 2. The van der Waals surface area contributed by atoms with Crippen LogP contribution in [0.25, 0.3) is 0 Å². The first-order valence-corrected chi connectivity index (χ1v) is 6.51. The van der Waals surface area contributed by atoms with Gasteiger partial charge >= 0.3 is 12.1 Å². The van der Waals surface area contributed by atoms with Gasteiger partial charge in [-0.05, 0) is 23.8 Å². The van der Waals surface area contributed by atoms with Gasteiger partial charge in [-0.15, -0.1) is 0 Å². The summed E-state index contributed by atoms with van der Waals surface area (Å²) in [5.41, 5.74) is 13.3. The first-order chi connectivity index (χ1) is 9.87. The van der Waals surface area contributed by atoms with E-state index in [0.717, 1.165) is 5.56 Å². The monoisotopic (exact) mass is 294 g/mol. The third kappa shape index (κ3) is 4.93. The third-order valence-electron chi connectivity index (χ3n) is 3.03. The molecule has 1 rings (SSSR count). The molecule has 4 amide bonds. The van der Waals surface area contributed by atoms with Gasteiger partial charge in [0, 0.05) is 31.4 Å². The van der Waals surface area contributed by atoms with Gasteiger partial charge in [-0.1, -0.05) is 6.92 Å². The van der Waals surface area contributed by atoms with Crippen molar-refractivity contribution in [2.75, 3.05) is 24.7 Å². The number of nitrogens with one attached hydrogen (secondary N) is 4. The Bertz CT molecular complexity index is 481. The van der Waals surface area contributed by atoms with Crippen molar-refractivity contribution in [3.8, 4) is 0 Å². The summed E-state index contributed by atoms with van der Waals surface area (Å²) >= 11 is 0. The highest BCUT2D eigenvalue weighted by molar-refractivity contribution is 5.92. The first kappa shape index (κ1) is 16.7. The number of carbonyl (C=O) groups excluding carboxylic acids is 2. The van der Waals surface area contributed by atoms with E-state index in [1.165, 1.54) is 14.1 Å². The molecule has 0 aliphatic carbocycles. The van der Waals surface area contributed by atoms with Crippen LogP contribution in [0, 0.1) is 0 Å². The number of hydrogen-bond donors (Lipinski definition) is 6. The van der Waals surface area contributed by atoms with Crippen LogP contribution < -0.4 is 32.7 Å².